The molecule has 6 nitrogen and oxygen atoms in total. The molecular formula is C26H25ClF4N4O2. The summed E-state index contributed by atoms with van der Waals surface area (Å²) in [7, 11) is 0. The van der Waals surface area contributed by atoms with Crippen LogP contribution in [0.4, 0.5) is 23.2 Å². The number of aromatic nitrogens is 1. The number of ether oxygens (including phenoxy) is 1. The zero-order valence-electron chi connectivity index (χ0n) is 19.9. The van der Waals surface area contributed by atoms with E-state index in [1.165, 1.54) is 12.1 Å². The van der Waals surface area contributed by atoms with Gasteiger partial charge in [-0.15, -0.1) is 0 Å². The van der Waals surface area contributed by atoms with Gasteiger partial charge in [0, 0.05) is 29.6 Å². The van der Waals surface area contributed by atoms with Crippen molar-refractivity contribution in [3.8, 4) is 5.75 Å². The summed E-state index contributed by atoms with van der Waals surface area (Å²) in [4.78, 5) is 23.8. The van der Waals surface area contributed by atoms with Crippen LogP contribution >= 0.6 is 11.6 Å². The lowest BCUT2D eigenvalue weighted by atomic mass is 9.80. The Morgan fingerprint density at radius 1 is 1.11 bits per heavy atom. The number of hydrogen-bond donors (Lipinski definition) is 1. The number of amides is 1. The number of hydrogen-bond acceptors (Lipinski definition) is 5. The molecule has 0 unspecified atom stereocenters. The number of carbonyl (C=O) groups is 1. The van der Waals surface area contributed by atoms with Crippen LogP contribution in [0.25, 0.3) is 0 Å². The van der Waals surface area contributed by atoms with E-state index in [0.717, 1.165) is 38.2 Å². The highest BCUT2D eigenvalue weighted by atomic mass is 35.5. The number of piperidine rings is 1. The number of rotatable bonds is 5. The third kappa shape index (κ3) is 4.53. The molecule has 11 heteroatoms. The van der Waals surface area contributed by atoms with Gasteiger partial charge in [0.2, 0.25) is 0 Å². The summed E-state index contributed by atoms with van der Waals surface area (Å²) >= 11 is 6.14. The van der Waals surface area contributed by atoms with E-state index in [4.69, 9.17) is 21.3 Å². The van der Waals surface area contributed by atoms with Gasteiger partial charge in [0.1, 0.15) is 17.1 Å². The van der Waals surface area contributed by atoms with Crippen LogP contribution in [0, 0.1) is 5.82 Å². The first-order valence-electron chi connectivity index (χ1n) is 12.5. The highest BCUT2D eigenvalue weighted by Gasteiger charge is 2.47. The van der Waals surface area contributed by atoms with Gasteiger partial charge < -0.3 is 15.0 Å². The third-order valence-corrected chi connectivity index (χ3v) is 7.89. The summed E-state index contributed by atoms with van der Waals surface area (Å²) in [6, 6.07) is 5.21. The fourth-order valence-corrected chi connectivity index (χ4v) is 5.38. The molecule has 1 amide bonds. The average Bonchev–Trinajstić information content (AvgIpc) is 3.58. The van der Waals surface area contributed by atoms with E-state index >= 15 is 0 Å². The van der Waals surface area contributed by atoms with Gasteiger partial charge in [0.05, 0.1) is 17.5 Å². The van der Waals surface area contributed by atoms with Gasteiger partial charge >= 0.3 is 6.18 Å². The van der Waals surface area contributed by atoms with Gasteiger partial charge in [-0.05, 0) is 62.8 Å². The van der Waals surface area contributed by atoms with Gasteiger partial charge in [-0.3, -0.25) is 9.79 Å². The maximum atomic E-state index is 14.7. The van der Waals surface area contributed by atoms with E-state index in [9.17, 15) is 22.4 Å². The molecule has 1 N–H and O–H groups in total. The molecule has 2 saturated carbocycles. The molecule has 1 aromatic heterocycles. The van der Waals surface area contributed by atoms with Gasteiger partial charge in [-0.2, -0.15) is 13.2 Å². The lowest BCUT2D eigenvalue weighted by Gasteiger charge is -2.37. The molecule has 4 aliphatic rings. The standard InChI is InChI=1S/C26H25ClF4N4O2/c27-15-12-18(28)22(37-16-4-5-16)19(13-15)35-10-8-25(9-11-35)24(36)33-23(34-25)17-6-7-20(26(29,30)31)32-21(17)14-2-1-3-14/h6-7,12-14,16H,1-5,8-11H2,(H,33,34,36). The average molecular weight is 537 g/mol. The van der Waals surface area contributed by atoms with E-state index in [1.807, 2.05) is 4.90 Å². The fourth-order valence-electron chi connectivity index (χ4n) is 5.18. The number of halogens is 5. The monoisotopic (exact) mass is 536 g/mol. The minimum Gasteiger partial charge on any atom is -0.485 e. The summed E-state index contributed by atoms with van der Waals surface area (Å²) in [5, 5.41) is 3.07. The smallest absolute Gasteiger partial charge is 0.433 e. The van der Waals surface area contributed by atoms with Gasteiger partial charge in [0.25, 0.3) is 5.91 Å². The Bertz CT molecular complexity index is 1280. The molecule has 1 spiro atoms. The molecule has 37 heavy (non-hydrogen) atoms. The number of nitrogens with zero attached hydrogens (tertiary/aromatic N) is 3. The predicted molar refractivity (Wildman–Crippen MR) is 130 cm³/mol. The van der Waals surface area contributed by atoms with Crippen molar-refractivity contribution < 1.29 is 27.1 Å². The van der Waals surface area contributed by atoms with E-state index in [-0.39, 0.29) is 34.5 Å². The summed E-state index contributed by atoms with van der Waals surface area (Å²) in [5.41, 5.74) is -0.647. The van der Waals surface area contributed by atoms with Crippen molar-refractivity contribution >= 4 is 29.0 Å². The van der Waals surface area contributed by atoms with Crippen LogP contribution in [-0.4, -0.2) is 41.5 Å². The highest BCUT2D eigenvalue weighted by molar-refractivity contribution is 6.31. The number of anilines is 1. The largest absolute Gasteiger partial charge is 0.485 e. The fraction of sp³-hybridized carbons (Fsp3) is 0.500. The van der Waals surface area contributed by atoms with Crippen LogP contribution in [0.15, 0.2) is 29.3 Å². The molecule has 0 atom stereocenters. The number of nitrogens with one attached hydrogen (secondary N) is 1. The number of pyridine rings is 1. The molecule has 0 radical (unpaired) electrons. The number of carbonyl (C=O) groups excluding carboxylic acids is 1. The summed E-state index contributed by atoms with van der Waals surface area (Å²) in [6.07, 6.45) is 0.353. The van der Waals surface area contributed by atoms with E-state index < -0.39 is 23.2 Å². The maximum absolute atomic E-state index is 14.7. The van der Waals surface area contributed by atoms with E-state index in [0.29, 0.717) is 42.9 Å². The summed E-state index contributed by atoms with van der Waals surface area (Å²) in [6.45, 7) is 0.817. The second kappa shape index (κ2) is 8.85. The minimum absolute atomic E-state index is 0.000494. The van der Waals surface area contributed by atoms with Crippen molar-refractivity contribution in [3.63, 3.8) is 0 Å². The quantitative estimate of drug-likeness (QED) is 0.504. The van der Waals surface area contributed by atoms with Crippen molar-refractivity contribution in [2.24, 2.45) is 4.99 Å². The Morgan fingerprint density at radius 2 is 1.84 bits per heavy atom. The Hall–Kier alpha value is -2.88. The molecule has 0 bridgehead atoms. The van der Waals surface area contributed by atoms with Crippen molar-refractivity contribution in [2.45, 2.75) is 68.7 Å². The van der Waals surface area contributed by atoms with Crippen LogP contribution < -0.4 is 15.0 Å². The predicted octanol–water partition coefficient (Wildman–Crippen LogP) is 5.62. The zero-order chi connectivity index (χ0) is 25.9. The second-order valence-electron chi connectivity index (χ2n) is 10.2. The first kappa shape index (κ1) is 24.5. The first-order chi connectivity index (χ1) is 17.6. The number of benzene rings is 1. The summed E-state index contributed by atoms with van der Waals surface area (Å²) in [5.74, 6) is -0.449. The minimum atomic E-state index is -4.55. The van der Waals surface area contributed by atoms with Crippen LogP contribution in [-0.2, 0) is 11.0 Å². The molecular weight excluding hydrogens is 512 g/mol. The maximum Gasteiger partial charge on any atom is 0.433 e. The number of aliphatic imine (C=N–C) groups is 1. The van der Waals surface area contributed by atoms with Crippen LogP contribution in [0.2, 0.25) is 5.02 Å². The molecule has 3 heterocycles. The molecule has 1 saturated heterocycles. The molecule has 6 rings (SSSR count). The molecule has 3 fully saturated rings. The molecule has 2 aliphatic heterocycles. The van der Waals surface area contributed by atoms with Crippen molar-refractivity contribution in [1.82, 2.24) is 10.3 Å². The van der Waals surface area contributed by atoms with Crippen LogP contribution in [0.3, 0.4) is 0 Å². The SMILES string of the molecule is O=C1NC(c2ccc(C(F)(F)F)nc2C2CCC2)=NC12CCN(c1cc(Cl)cc(F)c1OC1CC1)CC2. The topological polar surface area (TPSA) is 66.8 Å². The van der Waals surface area contributed by atoms with E-state index in [2.05, 4.69) is 10.3 Å². The molecule has 196 valence electrons. The lowest BCUT2D eigenvalue weighted by molar-refractivity contribution is -0.141. The normalized spacial score (nSPS) is 21.6. The van der Waals surface area contributed by atoms with Gasteiger partial charge in [0.15, 0.2) is 11.6 Å². The van der Waals surface area contributed by atoms with Gasteiger partial charge in [-0.1, -0.05) is 18.0 Å². The van der Waals surface area contributed by atoms with Crippen molar-refractivity contribution in [3.05, 3.63) is 52.1 Å². The molecule has 2 aromatic rings. The van der Waals surface area contributed by atoms with Crippen LogP contribution in [0.5, 0.6) is 5.75 Å². The Kier molecular flexibility index (Phi) is 5.85. The van der Waals surface area contributed by atoms with E-state index in [1.54, 1.807) is 6.07 Å². The lowest BCUT2D eigenvalue weighted by Crippen LogP contribution is -2.49. The Labute approximate surface area is 216 Å². The van der Waals surface area contributed by atoms with Crippen LogP contribution in [0.1, 0.15) is 67.8 Å². The van der Waals surface area contributed by atoms with Gasteiger partial charge in [-0.25, -0.2) is 9.37 Å². The second-order valence-corrected chi connectivity index (χ2v) is 10.7. The third-order valence-electron chi connectivity index (χ3n) is 7.67. The van der Waals surface area contributed by atoms with Crippen molar-refractivity contribution in [2.75, 3.05) is 18.0 Å². The number of amidine groups is 1. The first-order valence-corrected chi connectivity index (χ1v) is 12.9. The highest BCUT2D eigenvalue weighted by Crippen LogP contribution is 2.43. The zero-order valence-corrected chi connectivity index (χ0v) is 20.6. The number of alkyl halides is 3. The molecule has 1 aromatic carbocycles. The Morgan fingerprint density at radius 3 is 2.46 bits per heavy atom. The summed E-state index contributed by atoms with van der Waals surface area (Å²) < 4.78 is 60.5. The Balaban J connectivity index is 1.27. The van der Waals surface area contributed by atoms with Crippen molar-refractivity contribution in [1.29, 1.82) is 0 Å². The molecule has 2 aliphatic carbocycles.